The molecular weight excluding hydrogens is 299 g/mol. The van der Waals surface area contributed by atoms with Crippen molar-refractivity contribution >= 4 is 13.1 Å². The van der Waals surface area contributed by atoms with E-state index in [1.807, 2.05) is 0 Å². The molecule has 0 heterocycles. The lowest BCUT2D eigenvalue weighted by Gasteiger charge is -2.26. The van der Waals surface area contributed by atoms with Gasteiger partial charge >= 0.3 is 7.60 Å². The first-order valence-corrected chi connectivity index (χ1v) is 10.2. The van der Waals surface area contributed by atoms with Crippen LogP contribution in [0.5, 0.6) is 0 Å². The summed E-state index contributed by atoms with van der Waals surface area (Å²) in [5, 5.41) is 0. The van der Waals surface area contributed by atoms with Gasteiger partial charge in [-0.15, -0.1) is 0 Å². The standard InChI is InChI=1S/C17H29O4P/c1-2-17(18)22(19,20-13-15-9-5-3-6-10-15)21-14-16-11-7-4-8-12-16/h2,15-16H,1,3-14H2. The summed E-state index contributed by atoms with van der Waals surface area (Å²) in [7, 11) is -3.70. The lowest BCUT2D eigenvalue weighted by molar-refractivity contribution is -0.110. The van der Waals surface area contributed by atoms with Crippen molar-refractivity contribution in [1.82, 2.24) is 0 Å². The number of allylic oxidation sites excluding steroid dienone is 1. The van der Waals surface area contributed by atoms with E-state index in [1.54, 1.807) is 0 Å². The van der Waals surface area contributed by atoms with Gasteiger partial charge in [0.25, 0.3) is 5.52 Å². The monoisotopic (exact) mass is 328 g/mol. The molecule has 2 aliphatic carbocycles. The second-order valence-corrected chi connectivity index (χ2v) is 8.59. The van der Waals surface area contributed by atoms with Crippen LogP contribution < -0.4 is 0 Å². The maximum absolute atomic E-state index is 12.8. The van der Waals surface area contributed by atoms with Crippen molar-refractivity contribution in [2.45, 2.75) is 64.2 Å². The van der Waals surface area contributed by atoms with Crippen molar-refractivity contribution in [2.75, 3.05) is 13.2 Å². The van der Waals surface area contributed by atoms with Crippen LogP contribution in [0.25, 0.3) is 0 Å². The van der Waals surface area contributed by atoms with Gasteiger partial charge in [0.05, 0.1) is 13.2 Å². The average molecular weight is 328 g/mol. The summed E-state index contributed by atoms with van der Waals surface area (Å²) >= 11 is 0. The topological polar surface area (TPSA) is 52.6 Å². The summed E-state index contributed by atoms with van der Waals surface area (Å²) < 4.78 is 23.8. The lowest BCUT2D eigenvalue weighted by Crippen LogP contribution is -2.18. The van der Waals surface area contributed by atoms with E-state index in [1.165, 1.54) is 38.5 Å². The predicted octanol–water partition coefficient (Wildman–Crippen LogP) is 5.09. The first-order chi connectivity index (χ1) is 10.6. The highest BCUT2D eigenvalue weighted by Gasteiger charge is 2.34. The second-order valence-electron chi connectivity index (χ2n) is 6.64. The third-order valence-electron chi connectivity index (χ3n) is 4.85. The minimum absolute atomic E-state index is 0.363. The molecule has 0 aliphatic heterocycles. The van der Waals surface area contributed by atoms with Crippen LogP contribution in [0, 0.1) is 11.8 Å². The van der Waals surface area contributed by atoms with Crippen LogP contribution in [0.3, 0.4) is 0 Å². The predicted molar refractivity (Wildman–Crippen MR) is 87.9 cm³/mol. The largest absolute Gasteiger partial charge is 0.400 e. The maximum Gasteiger partial charge on any atom is 0.400 e. The van der Waals surface area contributed by atoms with Crippen molar-refractivity contribution in [1.29, 1.82) is 0 Å². The van der Waals surface area contributed by atoms with Crippen molar-refractivity contribution in [3.63, 3.8) is 0 Å². The Morgan fingerprint density at radius 2 is 1.32 bits per heavy atom. The van der Waals surface area contributed by atoms with Gasteiger partial charge in [-0.2, -0.15) is 0 Å². The third kappa shape index (κ3) is 5.33. The summed E-state index contributed by atoms with van der Waals surface area (Å²) in [5.41, 5.74) is -0.598. The van der Waals surface area contributed by atoms with E-state index in [0.29, 0.717) is 25.0 Å². The van der Waals surface area contributed by atoms with Crippen molar-refractivity contribution in [3.05, 3.63) is 12.7 Å². The molecular formula is C17H29O4P. The van der Waals surface area contributed by atoms with Gasteiger partial charge in [0.1, 0.15) is 0 Å². The zero-order valence-electron chi connectivity index (χ0n) is 13.5. The summed E-state index contributed by atoms with van der Waals surface area (Å²) in [6.45, 7) is 4.16. The normalized spacial score (nSPS) is 21.6. The van der Waals surface area contributed by atoms with Crippen LogP contribution in [0.4, 0.5) is 0 Å². The van der Waals surface area contributed by atoms with E-state index in [4.69, 9.17) is 9.05 Å². The van der Waals surface area contributed by atoms with Crippen LogP contribution in [0.1, 0.15) is 64.2 Å². The highest BCUT2D eigenvalue weighted by molar-refractivity contribution is 7.72. The fraction of sp³-hybridized carbons (Fsp3) is 0.824. The van der Waals surface area contributed by atoms with Crippen molar-refractivity contribution in [2.24, 2.45) is 11.8 Å². The minimum Gasteiger partial charge on any atom is -0.303 e. The fourth-order valence-electron chi connectivity index (χ4n) is 3.39. The summed E-state index contributed by atoms with van der Waals surface area (Å²) in [5.74, 6) is 0.802. The van der Waals surface area contributed by atoms with Crippen LogP contribution in [-0.2, 0) is 18.4 Å². The molecule has 0 aromatic heterocycles. The molecule has 0 aromatic rings. The van der Waals surface area contributed by atoms with E-state index >= 15 is 0 Å². The number of carbonyl (C=O) groups is 1. The molecule has 0 N–H and O–H groups in total. The Balaban J connectivity index is 1.86. The van der Waals surface area contributed by atoms with Gasteiger partial charge in [0.15, 0.2) is 0 Å². The Morgan fingerprint density at radius 3 is 1.68 bits per heavy atom. The van der Waals surface area contributed by atoms with Gasteiger partial charge in [-0.1, -0.05) is 45.1 Å². The molecule has 0 saturated heterocycles. The quantitative estimate of drug-likeness (QED) is 0.460. The van der Waals surface area contributed by atoms with Gasteiger partial charge in [-0.25, -0.2) is 0 Å². The molecule has 5 heteroatoms. The maximum atomic E-state index is 12.8. The number of hydrogen-bond acceptors (Lipinski definition) is 4. The van der Waals surface area contributed by atoms with Crippen LogP contribution in [-0.4, -0.2) is 18.7 Å². The molecule has 2 rings (SSSR count). The zero-order chi connectivity index (χ0) is 15.8. The van der Waals surface area contributed by atoms with Crippen molar-refractivity contribution in [3.8, 4) is 0 Å². The molecule has 0 aromatic carbocycles. The average Bonchev–Trinajstić information content (AvgIpc) is 2.59. The Bertz CT molecular complexity index is 383. The Kier molecular flexibility index (Phi) is 7.33. The summed E-state index contributed by atoms with van der Waals surface area (Å²) in [6, 6.07) is 0. The highest BCUT2D eigenvalue weighted by atomic mass is 31.2. The van der Waals surface area contributed by atoms with E-state index < -0.39 is 13.1 Å². The smallest absolute Gasteiger partial charge is 0.303 e. The third-order valence-corrected chi connectivity index (χ3v) is 6.55. The minimum atomic E-state index is -3.70. The molecule has 0 unspecified atom stereocenters. The number of carbonyl (C=O) groups excluding carboxylic acids is 1. The van der Waals surface area contributed by atoms with Gasteiger partial charge in [0, 0.05) is 0 Å². The van der Waals surface area contributed by atoms with Crippen molar-refractivity contribution < 1.29 is 18.4 Å². The Labute approximate surface area is 134 Å². The molecule has 0 bridgehead atoms. The molecule has 0 amide bonds. The zero-order valence-corrected chi connectivity index (χ0v) is 14.4. The molecule has 126 valence electrons. The van der Waals surface area contributed by atoms with E-state index in [-0.39, 0.29) is 0 Å². The molecule has 22 heavy (non-hydrogen) atoms. The van der Waals surface area contributed by atoms with E-state index in [0.717, 1.165) is 31.8 Å². The van der Waals surface area contributed by atoms with E-state index in [2.05, 4.69) is 6.58 Å². The number of hydrogen-bond donors (Lipinski definition) is 0. The fourth-order valence-corrected chi connectivity index (χ4v) is 4.76. The van der Waals surface area contributed by atoms with Crippen LogP contribution in [0.15, 0.2) is 12.7 Å². The first kappa shape index (κ1) is 17.9. The van der Waals surface area contributed by atoms with Gasteiger partial charge in [-0.05, 0) is 43.6 Å². The SMILES string of the molecule is C=CC(=O)P(=O)(OCC1CCCCC1)OCC1CCCCC1. The lowest BCUT2D eigenvalue weighted by atomic mass is 9.90. The highest BCUT2D eigenvalue weighted by Crippen LogP contribution is 2.51. The molecule has 0 radical (unpaired) electrons. The Morgan fingerprint density at radius 1 is 0.909 bits per heavy atom. The van der Waals surface area contributed by atoms with Gasteiger partial charge < -0.3 is 9.05 Å². The Hall–Kier alpha value is -0.440. The molecule has 0 spiro atoms. The molecule has 4 nitrogen and oxygen atoms in total. The van der Waals surface area contributed by atoms with Gasteiger partial charge in [0.2, 0.25) is 0 Å². The molecule has 2 saturated carbocycles. The van der Waals surface area contributed by atoms with Gasteiger partial charge in [-0.3, -0.25) is 9.36 Å². The first-order valence-electron chi connectivity index (χ1n) is 8.70. The number of rotatable bonds is 8. The van der Waals surface area contributed by atoms with Crippen LogP contribution >= 0.6 is 7.60 Å². The second kappa shape index (κ2) is 9.00. The summed E-state index contributed by atoms with van der Waals surface area (Å²) in [4.78, 5) is 11.9. The van der Waals surface area contributed by atoms with E-state index in [9.17, 15) is 9.36 Å². The molecule has 2 fully saturated rings. The van der Waals surface area contributed by atoms with Crippen LogP contribution in [0.2, 0.25) is 0 Å². The molecule has 0 atom stereocenters. The molecule has 2 aliphatic rings. The summed E-state index contributed by atoms with van der Waals surface area (Å²) in [6.07, 6.45) is 12.7.